The van der Waals surface area contributed by atoms with Gasteiger partial charge in [0.2, 0.25) is 5.92 Å². The molecule has 148 valence electrons. The van der Waals surface area contributed by atoms with Crippen LogP contribution in [0.4, 0.5) is 8.78 Å². The molecule has 25 heavy (non-hydrogen) atoms. The Hall–Kier alpha value is -0.180. The first-order valence-electron chi connectivity index (χ1n) is 10.7. The van der Waals surface area contributed by atoms with E-state index in [1.807, 2.05) is 0 Å². The van der Waals surface area contributed by atoms with E-state index in [1.165, 1.54) is 32.1 Å². The number of hydrogen-bond acceptors (Lipinski definition) is 1. The van der Waals surface area contributed by atoms with Crippen LogP contribution < -0.4 is 0 Å². The smallest absolute Gasteiger partial charge is 0.248 e. The topological polar surface area (TPSA) is 9.23 Å². The first-order chi connectivity index (χ1) is 11.7. The minimum absolute atomic E-state index is 0. The van der Waals surface area contributed by atoms with Gasteiger partial charge in [-0.3, -0.25) is 0 Å². The van der Waals surface area contributed by atoms with Crippen molar-refractivity contribution in [2.75, 3.05) is 0 Å². The highest BCUT2D eigenvalue weighted by atomic mass is 19.3. The van der Waals surface area contributed by atoms with E-state index < -0.39 is 5.92 Å². The molecule has 0 amide bonds. The van der Waals surface area contributed by atoms with Gasteiger partial charge in [-0.25, -0.2) is 8.78 Å². The SMILES string of the molecule is CC(C)O[C@H]1CCC2[C@@H]3CCC4CC(F)(F)CC[C@]4(C)[C@H]3CC[C@@]21C.[HH].[HH]. The zero-order chi connectivity index (χ0) is 18.0. The van der Waals surface area contributed by atoms with Crippen LogP contribution in [0.3, 0.4) is 0 Å². The van der Waals surface area contributed by atoms with Crippen LogP contribution in [0, 0.1) is 34.5 Å². The second-order valence-electron chi connectivity index (χ2n) is 10.5. The van der Waals surface area contributed by atoms with Crippen molar-refractivity contribution in [1.82, 2.24) is 0 Å². The van der Waals surface area contributed by atoms with Gasteiger partial charge in [0.25, 0.3) is 0 Å². The summed E-state index contributed by atoms with van der Waals surface area (Å²) in [5.41, 5.74) is 0.468. The minimum Gasteiger partial charge on any atom is -0.375 e. The summed E-state index contributed by atoms with van der Waals surface area (Å²) in [5, 5.41) is 0. The van der Waals surface area contributed by atoms with Gasteiger partial charge in [-0.2, -0.15) is 0 Å². The second kappa shape index (κ2) is 5.91. The molecule has 0 heterocycles. The number of halogens is 2. The first-order valence-corrected chi connectivity index (χ1v) is 10.7. The molecule has 4 rings (SSSR count). The molecule has 1 nitrogen and oxygen atoms in total. The lowest BCUT2D eigenvalue weighted by Gasteiger charge is -2.61. The summed E-state index contributed by atoms with van der Waals surface area (Å²) in [7, 11) is 0. The number of rotatable bonds is 2. The van der Waals surface area contributed by atoms with Crippen LogP contribution in [-0.2, 0) is 4.74 Å². The maximum atomic E-state index is 14.0. The standard InChI is InChI=1S/C22H36F2O.2H2/c1-14(2)25-19-8-7-17-16-6-5-15-13-22(23,24)12-11-20(15,3)18(16)9-10-21(17,19)4;;/h14-19H,5-13H2,1-4H3;2*1H/t15?,16-,17?,18-,19-,20-,21-;;/m0../s1. The Balaban J connectivity index is 0.00000131. The number of fused-ring (bicyclic) bond motifs is 5. The van der Waals surface area contributed by atoms with Crippen molar-refractivity contribution in [3.05, 3.63) is 0 Å². The maximum Gasteiger partial charge on any atom is 0.248 e. The number of ether oxygens (including phenoxy) is 1. The fourth-order valence-corrected chi connectivity index (χ4v) is 7.68. The van der Waals surface area contributed by atoms with Crippen LogP contribution in [0.1, 0.15) is 88.3 Å². The normalized spacial score (nSPS) is 51.7. The average Bonchev–Trinajstić information content (AvgIpc) is 2.84. The molecule has 0 aromatic carbocycles. The van der Waals surface area contributed by atoms with Gasteiger partial charge >= 0.3 is 0 Å². The summed E-state index contributed by atoms with van der Waals surface area (Å²) in [6.07, 6.45) is 8.84. The van der Waals surface area contributed by atoms with Crippen molar-refractivity contribution < 1.29 is 16.4 Å². The molecule has 0 saturated heterocycles. The summed E-state index contributed by atoms with van der Waals surface area (Å²) in [4.78, 5) is 0. The number of alkyl halides is 2. The first kappa shape index (κ1) is 18.2. The van der Waals surface area contributed by atoms with Gasteiger partial charge in [0.15, 0.2) is 0 Å². The summed E-state index contributed by atoms with van der Waals surface area (Å²) >= 11 is 0. The van der Waals surface area contributed by atoms with Gasteiger partial charge in [-0.1, -0.05) is 13.8 Å². The third-order valence-corrected chi connectivity index (χ3v) is 8.99. The Labute approximate surface area is 155 Å². The molecular formula is C22H40F2O. The van der Waals surface area contributed by atoms with Crippen molar-refractivity contribution in [2.45, 2.75) is 104 Å². The van der Waals surface area contributed by atoms with E-state index in [2.05, 4.69) is 27.7 Å². The van der Waals surface area contributed by atoms with Crippen LogP contribution in [-0.4, -0.2) is 18.1 Å². The molecule has 0 bridgehead atoms. The van der Waals surface area contributed by atoms with Crippen LogP contribution in [0.2, 0.25) is 0 Å². The van der Waals surface area contributed by atoms with Crippen molar-refractivity contribution in [2.24, 2.45) is 34.5 Å². The molecule has 4 saturated carbocycles. The molecular weight excluding hydrogens is 318 g/mol. The van der Waals surface area contributed by atoms with Gasteiger partial charge in [-0.15, -0.1) is 0 Å². The van der Waals surface area contributed by atoms with Crippen molar-refractivity contribution in [1.29, 1.82) is 0 Å². The largest absolute Gasteiger partial charge is 0.375 e. The van der Waals surface area contributed by atoms with Crippen molar-refractivity contribution in [3.8, 4) is 0 Å². The second-order valence-corrected chi connectivity index (χ2v) is 10.5. The van der Waals surface area contributed by atoms with Crippen LogP contribution in [0.25, 0.3) is 0 Å². The van der Waals surface area contributed by atoms with Crippen LogP contribution >= 0.6 is 0 Å². The molecule has 4 aliphatic rings. The molecule has 0 radical (unpaired) electrons. The van der Waals surface area contributed by atoms with Gasteiger partial charge in [-0.05, 0) is 93.3 Å². The maximum absolute atomic E-state index is 14.0. The Kier molecular flexibility index (Phi) is 4.30. The number of hydrogen-bond donors (Lipinski definition) is 0. The van der Waals surface area contributed by atoms with E-state index in [4.69, 9.17) is 4.74 Å². The highest BCUT2D eigenvalue weighted by molar-refractivity contribution is 5.10. The van der Waals surface area contributed by atoms with Gasteiger partial charge in [0, 0.05) is 15.7 Å². The van der Waals surface area contributed by atoms with Crippen LogP contribution in [0.5, 0.6) is 0 Å². The molecule has 0 aliphatic heterocycles. The van der Waals surface area contributed by atoms with E-state index in [0.29, 0.717) is 23.5 Å². The van der Waals surface area contributed by atoms with E-state index >= 15 is 0 Å². The summed E-state index contributed by atoms with van der Waals surface area (Å²) < 4.78 is 34.3. The van der Waals surface area contributed by atoms with Crippen LogP contribution in [0.15, 0.2) is 0 Å². The minimum atomic E-state index is -2.41. The fraction of sp³-hybridized carbons (Fsp3) is 1.00. The van der Waals surface area contributed by atoms with E-state index in [-0.39, 0.29) is 27.0 Å². The van der Waals surface area contributed by atoms with Crippen molar-refractivity contribution >= 4 is 0 Å². The molecule has 7 atom stereocenters. The van der Waals surface area contributed by atoms with E-state index in [9.17, 15) is 8.78 Å². The van der Waals surface area contributed by atoms with Gasteiger partial charge < -0.3 is 4.74 Å². The molecule has 4 fully saturated rings. The Morgan fingerprint density at radius 1 is 0.880 bits per heavy atom. The summed E-state index contributed by atoms with van der Waals surface area (Å²) in [6.45, 7) is 9.13. The quantitative estimate of drug-likeness (QED) is 0.519. The lowest BCUT2D eigenvalue weighted by molar-refractivity contribution is -0.172. The van der Waals surface area contributed by atoms with E-state index in [0.717, 1.165) is 24.7 Å². The predicted octanol–water partition coefficient (Wildman–Crippen LogP) is 6.95. The molecule has 0 aromatic rings. The monoisotopic (exact) mass is 358 g/mol. The molecule has 4 aliphatic carbocycles. The molecule has 0 aromatic heterocycles. The Morgan fingerprint density at radius 2 is 1.60 bits per heavy atom. The highest BCUT2D eigenvalue weighted by Crippen LogP contribution is 2.67. The lowest BCUT2D eigenvalue weighted by atomic mass is 9.45. The molecule has 0 spiro atoms. The average molecular weight is 359 g/mol. The summed E-state index contributed by atoms with van der Waals surface area (Å²) in [6, 6.07) is 0. The Morgan fingerprint density at radius 3 is 2.32 bits per heavy atom. The van der Waals surface area contributed by atoms with Crippen molar-refractivity contribution in [3.63, 3.8) is 0 Å². The zero-order valence-electron chi connectivity index (χ0n) is 16.5. The summed E-state index contributed by atoms with van der Waals surface area (Å²) in [5.74, 6) is -0.0177. The fourth-order valence-electron chi connectivity index (χ4n) is 7.68. The third-order valence-electron chi connectivity index (χ3n) is 8.99. The predicted molar refractivity (Wildman–Crippen MR) is 101 cm³/mol. The lowest BCUT2D eigenvalue weighted by Crippen LogP contribution is -2.55. The van der Waals surface area contributed by atoms with Gasteiger partial charge in [0.1, 0.15) is 0 Å². The molecule has 3 heteroatoms. The van der Waals surface area contributed by atoms with Gasteiger partial charge in [0.05, 0.1) is 12.2 Å². The molecule has 0 N–H and O–H groups in total. The third kappa shape index (κ3) is 2.78. The highest BCUT2D eigenvalue weighted by Gasteiger charge is 2.62. The van der Waals surface area contributed by atoms with E-state index in [1.54, 1.807) is 0 Å². The Bertz CT molecular complexity index is 528. The zero-order valence-corrected chi connectivity index (χ0v) is 16.5. The molecule has 2 unspecified atom stereocenters.